The lowest BCUT2D eigenvalue weighted by Gasteiger charge is -2.42. The molecule has 2 aliphatic heterocycles. The Morgan fingerprint density at radius 1 is 1.10 bits per heavy atom. The van der Waals surface area contributed by atoms with Crippen molar-refractivity contribution < 1.29 is 13.6 Å². The van der Waals surface area contributed by atoms with E-state index in [1.807, 2.05) is 0 Å². The molecular weight excluding hydrogens is 386 g/mol. The molecule has 0 aromatic heterocycles. The first kappa shape index (κ1) is 18.4. The number of amides is 1. The number of hydrogen-bond acceptors (Lipinski definition) is 4. The Hall–Kier alpha value is -3.66. The van der Waals surface area contributed by atoms with Crippen molar-refractivity contribution in [2.24, 2.45) is 5.92 Å². The predicted octanol–water partition coefficient (Wildman–Crippen LogP) is 3.66. The summed E-state index contributed by atoms with van der Waals surface area (Å²) in [5.41, 5.74) is 7.11. The quantitative estimate of drug-likeness (QED) is 0.819. The number of nitrogens with one attached hydrogen (secondary N) is 2. The van der Waals surface area contributed by atoms with Gasteiger partial charge in [0.05, 0.1) is 11.6 Å². The van der Waals surface area contributed by atoms with Crippen molar-refractivity contribution in [3.05, 3.63) is 82.6 Å². The molecule has 1 atom stereocenters. The Morgan fingerprint density at radius 3 is 2.53 bits per heavy atom. The second-order valence-corrected chi connectivity index (χ2v) is 7.72. The van der Waals surface area contributed by atoms with Crippen molar-refractivity contribution in [3.8, 4) is 6.07 Å². The molecule has 1 saturated carbocycles. The molecule has 150 valence electrons. The van der Waals surface area contributed by atoms with Gasteiger partial charge in [0, 0.05) is 41.4 Å². The van der Waals surface area contributed by atoms with Gasteiger partial charge in [-0.15, -0.1) is 0 Å². The van der Waals surface area contributed by atoms with Gasteiger partial charge >= 0.3 is 0 Å². The summed E-state index contributed by atoms with van der Waals surface area (Å²) in [6.07, 6.45) is 3.43. The van der Waals surface area contributed by atoms with Crippen LogP contribution in [0.1, 0.15) is 36.0 Å². The average molecular weight is 404 g/mol. The predicted molar refractivity (Wildman–Crippen MR) is 107 cm³/mol. The molecule has 0 saturated heterocycles. The summed E-state index contributed by atoms with van der Waals surface area (Å²) in [5, 5.41) is 13.9. The molecule has 3 aliphatic rings. The summed E-state index contributed by atoms with van der Waals surface area (Å²) < 4.78 is 28.0. The molecule has 5 rings (SSSR count). The van der Waals surface area contributed by atoms with Gasteiger partial charge in [0.25, 0.3) is 5.91 Å². The molecule has 0 radical (unpaired) electrons. The molecule has 2 heterocycles. The second kappa shape index (κ2) is 6.99. The number of benzene rings is 2. The minimum atomic E-state index is -0.618. The fraction of sp³-hybridized carbons (Fsp3) is 0.217. The maximum absolute atomic E-state index is 14.6. The second-order valence-electron chi connectivity index (χ2n) is 7.72. The number of halogens is 2. The van der Waals surface area contributed by atoms with Crippen LogP contribution in [-0.2, 0) is 4.79 Å². The molecule has 1 unspecified atom stereocenters. The van der Waals surface area contributed by atoms with Gasteiger partial charge in [-0.2, -0.15) is 5.26 Å². The van der Waals surface area contributed by atoms with Gasteiger partial charge in [-0.3, -0.25) is 10.2 Å². The fourth-order valence-corrected chi connectivity index (χ4v) is 4.00. The van der Waals surface area contributed by atoms with Gasteiger partial charge in [0.1, 0.15) is 17.8 Å². The highest BCUT2D eigenvalue weighted by molar-refractivity contribution is 5.97. The number of rotatable bonds is 3. The lowest BCUT2D eigenvalue weighted by molar-refractivity contribution is -0.132. The first-order valence-electron chi connectivity index (χ1n) is 9.80. The van der Waals surface area contributed by atoms with Crippen LogP contribution in [0.3, 0.4) is 0 Å². The number of hydrazine groups is 1. The van der Waals surface area contributed by atoms with E-state index >= 15 is 0 Å². The van der Waals surface area contributed by atoms with Gasteiger partial charge in [0.15, 0.2) is 0 Å². The lowest BCUT2D eigenvalue weighted by atomic mass is 9.93. The molecule has 1 fully saturated rings. The van der Waals surface area contributed by atoms with E-state index in [1.165, 1.54) is 23.2 Å². The Labute approximate surface area is 172 Å². The maximum atomic E-state index is 14.6. The molecule has 5 nitrogen and oxygen atoms in total. The van der Waals surface area contributed by atoms with E-state index in [-0.39, 0.29) is 11.8 Å². The summed E-state index contributed by atoms with van der Waals surface area (Å²) >= 11 is 0. The van der Waals surface area contributed by atoms with E-state index in [9.17, 15) is 13.6 Å². The fourth-order valence-electron chi connectivity index (χ4n) is 4.00. The molecule has 1 aliphatic carbocycles. The highest BCUT2D eigenvalue weighted by Crippen LogP contribution is 2.43. The highest BCUT2D eigenvalue weighted by atomic mass is 19.1. The largest absolute Gasteiger partial charge is 0.363 e. The van der Waals surface area contributed by atoms with Crippen LogP contribution >= 0.6 is 0 Å². The van der Waals surface area contributed by atoms with E-state index in [0.717, 1.165) is 35.7 Å². The summed E-state index contributed by atoms with van der Waals surface area (Å²) in [6.45, 7) is 0. The van der Waals surface area contributed by atoms with Crippen LogP contribution in [0.15, 0.2) is 54.2 Å². The van der Waals surface area contributed by atoms with E-state index in [2.05, 4.69) is 16.8 Å². The Balaban J connectivity index is 1.49. The molecule has 30 heavy (non-hydrogen) atoms. The Morgan fingerprint density at radius 2 is 1.87 bits per heavy atom. The van der Waals surface area contributed by atoms with Gasteiger partial charge in [-0.1, -0.05) is 12.1 Å². The van der Waals surface area contributed by atoms with Gasteiger partial charge in [-0.05, 0) is 48.2 Å². The number of carbonyl (C=O) groups is 1. The zero-order valence-corrected chi connectivity index (χ0v) is 16.0. The molecule has 2 aromatic rings. The van der Waals surface area contributed by atoms with Gasteiger partial charge in [0.2, 0.25) is 0 Å². The molecule has 0 bridgehead atoms. The minimum absolute atomic E-state index is 0.199. The average Bonchev–Trinajstić information content (AvgIpc) is 3.58. The van der Waals surface area contributed by atoms with Gasteiger partial charge < -0.3 is 5.32 Å². The van der Waals surface area contributed by atoms with Crippen LogP contribution < -0.4 is 10.7 Å². The summed E-state index contributed by atoms with van der Waals surface area (Å²) in [4.78, 5) is 12.8. The third-order valence-electron chi connectivity index (χ3n) is 5.67. The van der Waals surface area contributed by atoms with Crippen LogP contribution in [0.2, 0.25) is 0 Å². The third kappa shape index (κ3) is 3.20. The monoisotopic (exact) mass is 404 g/mol. The summed E-state index contributed by atoms with van der Waals surface area (Å²) in [6, 6.07) is 12.6. The standard InChI is InChI=1S/C23H18F2N4O/c24-16-7-8-17(19(25)9-16)18-10-21-27-20(14-3-1-13(12-26)2-4-14)11-22(30)29(21)28-23(18)15-5-6-15/h1-4,7-9,11,15,21,27-28H,5-6,10H2. The molecule has 0 spiro atoms. The Bertz CT molecular complexity index is 1140. The minimum Gasteiger partial charge on any atom is -0.363 e. The van der Waals surface area contributed by atoms with Crippen LogP contribution in [0.25, 0.3) is 11.3 Å². The molecule has 2 N–H and O–H groups in total. The number of allylic oxidation sites excluding steroid dienone is 1. The van der Waals surface area contributed by atoms with Crippen LogP contribution in [0, 0.1) is 28.9 Å². The van der Waals surface area contributed by atoms with Crippen LogP contribution in [0.5, 0.6) is 0 Å². The number of hydrogen-bond donors (Lipinski definition) is 2. The number of nitriles is 1. The Kier molecular flexibility index (Phi) is 4.28. The van der Waals surface area contributed by atoms with Crippen molar-refractivity contribution in [1.29, 1.82) is 5.26 Å². The molecule has 2 aromatic carbocycles. The number of carbonyl (C=O) groups excluding carboxylic acids is 1. The highest BCUT2D eigenvalue weighted by Gasteiger charge is 2.40. The molecule has 7 heteroatoms. The van der Waals surface area contributed by atoms with E-state index < -0.39 is 17.8 Å². The first-order valence-corrected chi connectivity index (χ1v) is 9.80. The number of fused-ring (bicyclic) bond motifs is 1. The topological polar surface area (TPSA) is 68.2 Å². The van der Waals surface area contributed by atoms with Crippen LogP contribution in [-0.4, -0.2) is 17.1 Å². The first-order chi connectivity index (χ1) is 14.5. The van der Waals surface area contributed by atoms with Crippen molar-refractivity contribution in [2.45, 2.75) is 25.4 Å². The smallest absolute Gasteiger partial charge is 0.268 e. The molecule has 1 amide bonds. The molecular formula is C23H18F2N4O. The normalized spacial score (nSPS) is 20.7. The van der Waals surface area contributed by atoms with E-state index in [0.29, 0.717) is 23.2 Å². The third-order valence-corrected chi connectivity index (χ3v) is 5.67. The summed E-state index contributed by atoms with van der Waals surface area (Å²) in [5.74, 6) is -1.17. The van der Waals surface area contributed by atoms with E-state index in [1.54, 1.807) is 24.3 Å². The zero-order chi connectivity index (χ0) is 20.8. The van der Waals surface area contributed by atoms with Crippen molar-refractivity contribution in [3.63, 3.8) is 0 Å². The summed E-state index contributed by atoms with van der Waals surface area (Å²) in [7, 11) is 0. The lowest BCUT2D eigenvalue weighted by Crippen LogP contribution is -2.59. The number of nitrogens with zero attached hydrogens (tertiary/aromatic N) is 2. The van der Waals surface area contributed by atoms with Crippen molar-refractivity contribution >= 4 is 17.2 Å². The SMILES string of the molecule is N#Cc1ccc(C2=CC(=O)N3NC(C4CC4)=C(c4ccc(F)cc4F)CC3N2)cc1. The van der Waals surface area contributed by atoms with Crippen molar-refractivity contribution in [2.75, 3.05) is 0 Å². The zero-order valence-electron chi connectivity index (χ0n) is 16.0. The van der Waals surface area contributed by atoms with Crippen molar-refractivity contribution in [1.82, 2.24) is 15.8 Å². The van der Waals surface area contributed by atoms with Crippen LogP contribution in [0.4, 0.5) is 8.78 Å². The maximum Gasteiger partial charge on any atom is 0.268 e. The van der Waals surface area contributed by atoms with Gasteiger partial charge in [-0.25, -0.2) is 13.8 Å². The van der Waals surface area contributed by atoms with E-state index in [4.69, 9.17) is 5.26 Å².